The second kappa shape index (κ2) is 12.1. The molecule has 0 fully saturated rings. The van der Waals surface area contributed by atoms with Crippen LogP contribution >= 0.6 is 0 Å². The molecule has 0 aliphatic carbocycles. The van der Waals surface area contributed by atoms with Crippen molar-refractivity contribution in [1.82, 2.24) is 0 Å². The monoisotopic (exact) mass is 418 g/mol. The summed E-state index contributed by atoms with van der Waals surface area (Å²) in [7, 11) is 0. The summed E-state index contributed by atoms with van der Waals surface area (Å²) in [6.45, 7) is 0. The second-order valence-corrected chi connectivity index (χ2v) is 8.81. The topological polar surface area (TPSA) is 0 Å². The van der Waals surface area contributed by atoms with Gasteiger partial charge in [-0.1, -0.05) is 109 Å². The predicted octanol–water partition coefficient (Wildman–Crippen LogP) is 7.82. The second-order valence-electron chi connectivity index (χ2n) is 8.81. The highest BCUT2D eigenvalue weighted by Gasteiger charge is 2.00. The first-order valence-electron chi connectivity index (χ1n) is 12.1. The van der Waals surface area contributed by atoms with Crippen LogP contribution in [0, 0.1) is 0 Å². The molecule has 4 aromatic rings. The molecule has 0 atom stereocenters. The van der Waals surface area contributed by atoms with E-state index < -0.39 is 0 Å². The largest absolute Gasteiger partial charge is 0.0622 e. The van der Waals surface area contributed by atoms with Gasteiger partial charge in [-0.3, -0.25) is 0 Å². The summed E-state index contributed by atoms with van der Waals surface area (Å²) in [5.74, 6) is 0. The van der Waals surface area contributed by atoms with Crippen molar-refractivity contribution in [1.29, 1.82) is 0 Å². The molecule has 0 amide bonds. The van der Waals surface area contributed by atoms with Gasteiger partial charge in [-0.05, 0) is 84.7 Å². The Balaban J connectivity index is 1.17. The van der Waals surface area contributed by atoms with Crippen LogP contribution in [-0.4, -0.2) is 0 Å². The molecule has 162 valence electrons. The maximum Gasteiger partial charge on any atom is -0.0238 e. The summed E-state index contributed by atoms with van der Waals surface area (Å²) in [5.41, 5.74) is 8.64. The van der Waals surface area contributed by atoms with Gasteiger partial charge in [0.25, 0.3) is 0 Å². The molecule has 0 radical (unpaired) electrons. The van der Waals surface area contributed by atoms with E-state index in [9.17, 15) is 0 Å². The van der Waals surface area contributed by atoms with Crippen LogP contribution in [0.2, 0.25) is 0 Å². The normalized spacial score (nSPS) is 10.9. The summed E-state index contributed by atoms with van der Waals surface area (Å²) in [6.07, 6.45) is 9.26. The molecule has 0 aliphatic rings. The average Bonchev–Trinajstić information content (AvgIpc) is 2.86. The van der Waals surface area contributed by atoms with Crippen molar-refractivity contribution >= 4 is 0 Å². The van der Waals surface area contributed by atoms with Crippen molar-refractivity contribution in [2.24, 2.45) is 0 Å². The van der Waals surface area contributed by atoms with E-state index in [1.54, 1.807) is 0 Å². The Morgan fingerprint density at radius 1 is 0.250 bits per heavy atom. The molecular formula is C32H34. The van der Waals surface area contributed by atoms with E-state index in [4.69, 9.17) is 0 Å². The Morgan fingerprint density at radius 3 is 0.812 bits per heavy atom. The first kappa shape index (κ1) is 22.1. The fourth-order valence-electron chi connectivity index (χ4n) is 4.32. The van der Waals surface area contributed by atoms with Gasteiger partial charge in [0.1, 0.15) is 0 Å². The molecule has 0 N–H and O–H groups in total. The van der Waals surface area contributed by atoms with Crippen LogP contribution in [-0.2, 0) is 38.5 Å². The van der Waals surface area contributed by atoms with E-state index in [1.807, 2.05) is 0 Å². The molecule has 4 rings (SSSR count). The van der Waals surface area contributed by atoms with Crippen LogP contribution in [0.25, 0.3) is 0 Å². The molecule has 32 heavy (non-hydrogen) atoms. The van der Waals surface area contributed by atoms with Crippen LogP contribution in [0.1, 0.15) is 46.2 Å². The zero-order valence-corrected chi connectivity index (χ0v) is 19.0. The summed E-state index contributed by atoms with van der Waals surface area (Å²) in [4.78, 5) is 0. The number of rotatable bonds is 11. The zero-order chi connectivity index (χ0) is 21.8. The van der Waals surface area contributed by atoms with E-state index in [2.05, 4.69) is 109 Å². The molecule has 4 aromatic carbocycles. The zero-order valence-electron chi connectivity index (χ0n) is 19.0. The molecule has 0 unspecified atom stereocenters. The highest BCUT2D eigenvalue weighted by Crippen LogP contribution is 2.14. The molecule has 0 saturated carbocycles. The number of benzene rings is 4. The fourth-order valence-corrected chi connectivity index (χ4v) is 4.32. The number of aryl methyl sites for hydroxylation is 6. The van der Waals surface area contributed by atoms with Gasteiger partial charge in [0.2, 0.25) is 0 Å². The quantitative estimate of drug-likeness (QED) is 0.233. The third kappa shape index (κ3) is 7.24. The summed E-state index contributed by atoms with van der Waals surface area (Å²) >= 11 is 0. The Kier molecular flexibility index (Phi) is 8.32. The van der Waals surface area contributed by atoms with Crippen molar-refractivity contribution in [3.05, 3.63) is 143 Å². The number of hydrogen-bond donors (Lipinski definition) is 0. The Bertz CT molecular complexity index is 940. The van der Waals surface area contributed by atoms with Gasteiger partial charge in [-0.25, -0.2) is 0 Å². The molecule has 0 heterocycles. The Labute approximate surface area is 194 Å². The third-order valence-corrected chi connectivity index (χ3v) is 6.30. The Hall–Kier alpha value is -3.12. The molecular weight excluding hydrogens is 384 g/mol. The fraction of sp³-hybridized carbons (Fsp3) is 0.250. The summed E-state index contributed by atoms with van der Waals surface area (Å²) < 4.78 is 0. The highest BCUT2D eigenvalue weighted by atomic mass is 14.1. The average molecular weight is 419 g/mol. The maximum absolute atomic E-state index is 2.32. The van der Waals surface area contributed by atoms with Crippen LogP contribution in [0.15, 0.2) is 109 Å². The van der Waals surface area contributed by atoms with Gasteiger partial charge in [-0.2, -0.15) is 0 Å². The van der Waals surface area contributed by atoms with Gasteiger partial charge in [0, 0.05) is 0 Å². The lowest BCUT2D eigenvalue weighted by atomic mass is 9.99. The van der Waals surface area contributed by atoms with Crippen LogP contribution in [0.4, 0.5) is 0 Å². The molecule has 0 spiro atoms. The predicted molar refractivity (Wildman–Crippen MR) is 137 cm³/mol. The van der Waals surface area contributed by atoms with E-state index in [-0.39, 0.29) is 0 Å². The third-order valence-electron chi connectivity index (χ3n) is 6.30. The molecule has 0 aromatic heterocycles. The SMILES string of the molecule is c1ccc(CCCc2ccc(CCc3ccc(CCCc4ccccc4)cc3)cc2)cc1. The first-order chi connectivity index (χ1) is 15.8. The van der Waals surface area contributed by atoms with Crippen molar-refractivity contribution in [3.63, 3.8) is 0 Å². The lowest BCUT2D eigenvalue weighted by Gasteiger charge is -2.07. The van der Waals surface area contributed by atoms with Gasteiger partial charge in [-0.15, -0.1) is 0 Å². The van der Waals surface area contributed by atoms with Gasteiger partial charge >= 0.3 is 0 Å². The maximum atomic E-state index is 2.32. The lowest BCUT2D eigenvalue weighted by Crippen LogP contribution is -1.94. The van der Waals surface area contributed by atoms with Crippen molar-refractivity contribution in [2.45, 2.75) is 51.4 Å². The standard InChI is InChI=1S/C32H34/c1-3-9-27(10-4-1)13-7-15-29-17-21-31(22-18-29)25-26-32-23-19-30(20-24-32)16-8-14-28-11-5-2-6-12-28/h1-6,9-12,17-24H,7-8,13-16,25-26H2. The smallest absolute Gasteiger partial charge is 0.0238 e. The highest BCUT2D eigenvalue weighted by molar-refractivity contribution is 5.27. The number of hydrogen-bond acceptors (Lipinski definition) is 0. The van der Waals surface area contributed by atoms with E-state index in [0.717, 1.165) is 38.5 Å². The van der Waals surface area contributed by atoms with E-state index in [1.165, 1.54) is 46.2 Å². The van der Waals surface area contributed by atoms with Crippen LogP contribution in [0.5, 0.6) is 0 Å². The van der Waals surface area contributed by atoms with Gasteiger partial charge < -0.3 is 0 Å². The molecule has 0 nitrogen and oxygen atoms in total. The molecule has 0 heteroatoms. The van der Waals surface area contributed by atoms with E-state index in [0.29, 0.717) is 0 Å². The van der Waals surface area contributed by atoms with Crippen LogP contribution in [0.3, 0.4) is 0 Å². The minimum atomic E-state index is 1.11. The molecule has 0 aliphatic heterocycles. The molecule has 0 saturated heterocycles. The van der Waals surface area contributed by atoms with Gasteiger partial charge in [0.15, 0.2) is 0 Å². The van der Waals surface area contributed by atoms with E-state index >= 15 is 0 Å². The van der Waals surface area contributed by atoms with Crippen molar-refractivity contribution in [3.8, 4) is 0 Å². The lowest BCUT2D eigenvalue weighted by molar-refractivity contribution is 0.818. The van der Waals surface area contributed by atoms with Crippen molar-refractivity contribution in [2.75, 3.05) is 0 Å². The summed E-state index contributed by atoms with van der Waals surface area (Å²) in [5, 5.41) is 0. The summed E-state index contributed by atoms with van der Waals surface area (Å²) in [6, 6.07) is 40.1. The van der Waals surface area contributed by atoms with Crippen LogP contribution < -0.4 is 0 Å². The Morgan fingerprint density at radius 2 is 0.500 bits per heavy atom. The minimum Gasteiger partial charge on any atom is -0.0622 e. The molecule has 0 bridgehead atoms. The minimum absolute atomic E-state index is 1.11. The first-order valence-corrected chi connectivity index (χ1v) is 12.1. The van der Waals surface area contributed by atoms with Gasteiger partial charge in [0.05, 0.1) is 0 Å². The van der Waals surface area contributed by atoms with Crippen molar-refractivity contribution < 1.29 is 0 Å².